The van der Waals surface area contributed by atoms with E-state index in [1.165, 1.54) is 18.3 Å². The second kappa shape index (κ2) is 12.3. The van der Waals surface area contributed by atoms with Gasteiger partial charge in [0.1, 0.15) is 0 Å². The molecule has 0 amide bonds. The zero-order valence-electron chi connectivity index (χ0n) is 15.0. The Morgan fingerprint density at radius 3 is 2.48 bits per heavy atom. The fourth-order valence-electron chi connectivity index (χ4n) is 1.85. The van der Waals surface area contributed by atoms with Crippen molar-refractivity contribution < 1.29 is 14.1 Å². The number of thiocarbonyl (C=S) groups is 1. The first kappa shape index (κ1) is 22.9. The summed E-state index contributed by atoms with van der Waals surface area (Å²) in [4.78, 5) is 11.4. The molecule has 0 aromatic rings. The molecule has 23 heavy (non-hydrogen) atoms. The topological polar surface area (TPSA) is 58.6 Å². The molecule has 0 rings (SSSR count). The van der Waals surface area contributed by atoms with E-state index in [2.05, 4.69) is 18.9 Å². The molecule has 0 saturated heterocycles. The van der Waals surface area contributed by atoms with E-state index in [9.17, 15) is 9.36 Å². The maximum Gasteiger partial charge on any atom is 0.302 e. The summed E-state index contributed by atoms with van der Waals surface area (Å²) in [5, 5.41) is 3.28. The molecular weight excluding hydrogens is 351 g/mol. The lowest BCUT2D eigenvalue weighted by Crippen LogP contribution is -2.26. The van der Waals surface area contributed by atoms with E-state index in [1.54, 1.807) is 11.7 Å². The fraction of sp³-hybridized carbons (Fsp3) is 0.867. The van der Waals surface area contributed by atoms with Gasteiger partial charge in [-0.2, -0.15) is 0 Å². The molecule has 0 aliphatic carbocycles. The summed E-state index contributed by atoms with van der Waals surface area (Å²) >= 11 is 6.92. The van der Waals surface area contributed by atoms with Crippen molar-refractivity contribution in [3.8, 4) is 0 Å². The van der Waals surface area contributed by atoms with Gasteiger partial charge in [0.05, 0.1) is 11.6 Å². The molecule has 0 aromatic heterocycles. The van der Waals surface area contributed by atoms with Gasteiger partial charge in [0.2, 0.25) is 0 Å². The van der Waals surface area contributed by atoms with Gasteiger partial charge in [-0.15, -0.1) is 0 Å². The molecule has 2 unspecified atom stereocenters. The maximum absolute atomic E-state index is 13.0. The Balaban J connectivity index is 4.13. The summed E-state index contributed by atoms with van der Waals surface area (Å²) in [5.74, 6) is -0.227. The molecule has 1 N–H and O–H groups in total. The lowest BCUT2D eigenvalue weighted by molar-refractivity contribution is -0.141. The fourth-order valence-corrected chi connectivity index (χ4v) is 7.02. The van der Waals surface area contributed by atoms with E-state index < -0.39 is 6.65 Å². The van der Waals surface area contributed by atoms with Crippen LogP contribution in [-0.4, -0.2) is 41.6 Å². The predicted molar refractivity (Wildman–Crippen MR) is 104 cm³/mol. The van der Waals surface area contributed by atoms with Crippen molar-refractivity contribution >= 4 is 41.2 Å². The van der Waals surface area contributed by atoms with Crippen LogP contribution in [0.25, 0.3) is 0 Å². The first-order valence-electron chi connectivity index (χ1n) is 8.14. The number of esters is 1. The van der Waals surface area contributed by atoms with Gasteiger partial charge in [-0.05, 0) is 32.7 Å². The molecule has 0 aliphatic rings. The second-order valence-corrected chi connectivity index (χ2v) is 11.2. The van der Waals surface area contributed by atoms with Crippen LogP contribution in [0.1, 0.15) is 59.3 Å². The van der Waals surface area contributed by atoms with Crippen molar-refractivity contribution in [3.05, 3.63) is 0 Å². The largest absolute Gasteiger partial charge is 0.466 e. The van der Waals surface area contributed by atoms with Crippen molar-refractivity contribution in [3.63, 3.8) is 0 Å². The Morgan fingerprint density at radius 2 is 1.96 bits per heavy atom. The van der Waals surface area contributed by atoms with Crippen LogP contribution in [0.4, 0.5) is 0 Å². The Kier molecular flexibility index (Phi) is 12.2. The zero-order chi connectivity index (χ0) is 17.9. The van der Waals surface area contributed by atoms with Crippen molar-refractivity contribution in [1.82, 2.24) is 9.76 Å². The first-order valence-corrected chi connectivity index (χ1v) is 11.7. The Labute approximate surface area is 150 Å². The number of rotatable bonds is 12. The van der Waals surface area contributed by atoms with E-state index in [0.717, 1.165) is 43.5 Å². The molecule has 0 fully saturated rings. The zero-order valence-corrected chi connectivity index (χ0v) is 17.5. The highest BCUT2D eigenvalue weighted by Gasteiger charge is 2.30. The van der Waals surface area contributed by atoms with Gasteiger partial charge in [-0.1, -0.05) is 50.3 Å². The predicted octanol–water partition coefficient (Wildman–Crippen LogP) is 4.62. The average Bonchev–Trinajstić information content (AvgIpc) is 2.52. The van der Waals surface area contributed by atoms with Crippen molar-refractivity contribution in [1.29, 1.82) is 0 Å². The normalized spacial score (nSPS) is 14.8. The van der Waals surface area contributed by atoms with Crippen LogP contribution in [-0.2, 0) is 14.1 Å². The monoisotopic (exact) mass is 382 g/mol. The third-order valence-electron chi connectivity index (χ3n) is 3.53. The molecule has 0 spiro atoms. The molecule has 5 nitrogen and oxygen atoms in total. The number of unbranched alkanes of at least 4 members (excludes halogenated alkanes) is 3. The molecule has 0 aromatic carbocycles. The molecule has 0 saturated carbocycles. The molecule has 2 atom stereocenters. The molecule has 0 aliphatic heterocycles. The van der Waals surface area contributed by atoms with Crippen LogP contribution < -0.4 is 5.09 Å². The van der Waals surface area contributed by atoms with Crippen molar-refractivity contribution in [2.75, 3.05) is 20.7 Å². The number of hydrogen-bond acceptors (Lipinski definition) is 5. The summed E-state index contributed by atoms with van der Waals surface area (Å²) < 4.78 is 19.6. The number of nitrogens with one attached hydrogen (secondary N) is 1. The molecule has 0 heterocycles. The van der Waals surface area contributed by atoms with Gasteiger partial charge in [0, 0.05) is 19.2 Å². The van der Waals surface area contributed by atoms with Crippen LogP contribution in [0.2, 0.25) is 0 Å². The van der Waals surface area contributed by atoms with E-state index in [1.807, 2.05) is 7.05 Å². The minimum atomic E-state index is -2.70. The summed E-state index contributed by atoms with van der Waals surface area (Å²) in [5.41, 5.74) is 0. The Bertz CT molecular complexity index is 422. The SMILES string of the molecule is CCC(C)SP(=O)(NC)N(C)C(=S)CCCCCCOC(C)=O. The highest BCUT2D eigenvalue weighted by Crippen LogP contribution is 2.59. The number of ether oxygens (including phenoxy) is 1. The van der Waals surface area contributed by atoms with E-state index in [4.69, 9.17) is 17.0 Å². The number of hydrogen-bond donors (Lipinski definition) is 1. The summed E-state index contributed by atoms with van der Waals surface area (Å²) in [6.45, 7) is 3.38. The molecular formula is C15H31N2O3PS2. The molecule has 136 valence electrons. The molecule has 0 radical (unpaired) electrons. The van der Waals surface area contributed by atoms with Gasteiger partial charge in [0.15, 0.2) is 0 Å². The van der Waals surface area contributed by atoms with E-state index in [-0.39, 0.29) is 5.97 Å². The maximum atomic E-state index is 13.0. The minimum absolute atomic E-state index is 0.227. The van der Waals surface area contributed by atoms with Gasteiger partial charge in [-0.25, -0.2) is 5.09 Å². The third kappa shape index (κ3) is 9.70. The highest BCUT2D eigenvalue weighted by molar-refractivity contribution is 8.57. The summed E-state index contributed by atoms with van der Waals surface area (Å²) in [7, 11) is 3.54. The minimum Gasteiger partial charge on any atom is -0.466 e. The first-order chi connectivity index (χ1) is 10.8. The van der Waals surface area contributed by atoms with Crippen LogP contribution in [0, 0.1) is 0 Å². The van der Waals surface area contributed by atoms with Crippen LogP contribution in [0.3, 0.4) is 0 Å². The van der Waals surface area contributed by atoms with Crippen molar-refractivity contribution in [2.45, 2.75) is 64.5 Å². The smallest absolute Gasteiger partial charge is 0.302 e. The van der Waals surface area contributed by atoms with Gasteiger partial charge in [-0.3, -0.25) is 9.36 Å². The quantitative estimate of drug-likeness (QED) is 0.229. The summed E-state index contributed by atoms with van der Waals surface area (Å²) in [6, 6.07) is 0. The number of carbonyl (C=O) groups is 1. The third-order valence-corrected chi connectivity index (χ3v) is 9.93. The highest BCUT2D eigenvalue weighted by atomic mass is 32.7. The number of nitrogens with zero attached hydrogens (tertiary/aromatic N) is 1. The van der Waals surface area contributed by atoms with E-state index in [0.29, 0.717) is 11.9 Å². The second-order valence-electron chi connectivity index (χ2n) is 5.49. The Morgan fingerprint density at radius 1 is 1.35 bits per heavy atom. The Hall–Kier alpha value is -0.100. The lowest BCUT2D eigenvalue weighted by Gasteiger charge is -2.30. The standard InChI is InChI=1S/C15H31N2O3PS2/c1-6-13(2)23-21(19,16-4)17(5)15(22)11-9-7-8-10-12-20-14(3)18/h13H,6-12H2,1-5H3,(H,16,19). The molecule has 8 heteroatoms. The van der Waals surface area contributed by atoms with Crippen LogP contribution >= 0.6 is 30.2 Å². The van der Waals surface area contributed by atoms with Gasteiger partial charge in [0.25, 0.3) is 6.65 Å². The lowest BCUT2D eigenvalue weighted by atomic mass is 10.1. The van der Waals surface area contributed by atoms with Gasteiger partial charge < -0.3 is 9.41 Å². The van der Waals surface area contributed by atoms with Crippen molar-refractivity contribution in [2.24, 2.45) is 0 Å². The van der Waals surface area contributed by atoms with Crippen LogP contribution in [0.5, 0.6) is 0 Å². The summed E-state index contributed by atoms with van der Waals surface area (Å²) in [6.07, 6.45) is 5.59. The molecule has 0 bridgehead atoms. The number of carbonyl (C=O) groups excluding carboxylic acids is 1. The average molecular weight is 383 g/mol. The van der Waals surface area contributed by atoms with E-state index >= 15 is 0 Å². The van der Waals surface area contributed by atoms with Gasteiger partial charge >= 0.3 is 5.97 Å². The van der Waals surface area contributed by atoms with Crippen LogP contribution in [0.15, 0.2) is 0 Å².